The summed E-state index contributed by atoms with van der Waals surface area (Å²) in [4.78, 5) is 14.0. The maximum atomic E-state index is 14.4. The molecule has 1 N–H and O–H groups in total. The molecular formula is C21H21ClF4N2O4S. The standard InChI is InChI=1S/C21H21ClF4N2O4S/c1-2-33(30,31)27-20(29)16-10-17(22)19(11-18(16)23)32-12-15-4-3-9-28(15)14-7-5-13(6-8-14)21(24,25)26/h5-8,10-11,15H,2-4,9,12H2,1H3,(H,27,29)/t15-/m1/s1. The third-order valence-corrected chi connectivity index (χ3v) is 6.78. The van der Waals surface area contributed by atoms with E-state index in [0.717, 1.165) is 30.7 Å². The van der Waals surface area contributed by atoms with Crippen molar-refractivity contribution in [2.24, 2.45) is 0 Å². The largest absolute Gasteiger partial charge is 0.490 e. The number of sulfonamides is 1. The summed E-state index contributed by atoms with van der Waals surface area (Å²) in [6, 6.07) is 6.51. The SMILES string of the molecule is CCS(=O)(=O)NC(=O)c1cc(Cl)c(OC[C@H]2CCCN2c2ccc(C(F)(F)F)cc2)cc1F. The molecule has 1 atom stereocenters. The third-order valence-electron chi connectivity index (χ3n) is 5.23. The summed E-state index contributed by atoms with van der Waals surface area (Å²) in [7, 11) is -3.88. The summed E-state index contributed by atoms with van der Waals surface area (Å²) in [6.45, 7) is 2.02. The smallest absolute Gasteiger partial charge is 0.416 e. The predicted molar refractivity (Wildman–Crippen MR) is 116 cm³/mol. The van der Waals surface area contributed by atoms with Crippen molar-refractivity contribution in [3.05, 3.63) is 58.4 Å². The second-order valence-electron chi connectivity index (χ2n) is 7.44. The number of amides is 1. The summed E-state index contributed by atoms with van der Waals surface area (Å²) < 4.78 is 83.3. The van der Waals surface area contributed by atoms with Crippen LogP contribution in [0.15, 0.2) is 36.4 Å². The number of hydrogen-bond donors (Lipinski definition) is 1. The van der Waals surface area contributed by atoms with Gasteiger partial charge in [0.2, 0.25) is 10.0 Å². The molecule has 180 valence electrons. The van der Waals surface area contributed by atoms with Crippen LogP contribution in [0.5, 0.6) is 5.75 Å². The highest BCUT2D eigenvalue weighted by Gasteiger charge is 2.31. The highest BCUT2D eigenvalue weighted by molar-refractivity contribution is 7.90. The molecule has 1 heterocycles. The van der Waals surface area contributed by atoms with Crippen LogP contribution in [0.2, 0.25) is 5.02 Å². The molecule has 33 heavy (non-hydrogen) atoms. The lowest BCUT2D eigenvalue weighted by atomic mass is 10.1. The van der Waals surface area contributed by atoms with Crippen LogP contribution >= 0.6 is 11.6 Å². The number of anilines is 1. The fourth-order valence-electron chi connectivity index (χ4n) is 3.46. The Balaban J connectivity index is 1.70. The van der Waals surface area contributed by atoms with Crippen LogP contribution in [0.1, 0.15) is 35.7 Å². The van der Waals surface area contributed by atoms with Crippen LogP contribution < -0.4 is 14.4 Å². The fraction of sp³-hybridized carbons (Fsp3) is 0.381. The van der Waals surface area contributed by atoms with Gasteiger partial charge in [0.05, 0.1) is 27.9 Å². The molecule has 2 aromatic rings. The number of halogens is 5. The first-order chi connectivity index (χ1) is 15.4. The van der Waals surface area contributed by atoms with Crippen molar-refractivity contribution in [1.29, 1.82) is 0 Å². The number of benzene rings is 2. The van der Waals surface area contributed by atoms with Crippen molar-refractivity contribution < 1.29 is 35.5 Å². The number of nitrogens with one attached hydrogen (secondary N) is 1. The van der Waals surface area contributed by atoms with E-state index in [2.05, 4.69) is 0 Å². The van der Waals surface area contributed by atoms with Gasteiger partial charge >= 0.3 is 6.18 Å². The van der Waals surface area contributed by atoms with Gasteiger partial charge in [-0.2, -0.15) is 13.2 Å². The molecule has 1 aliphatic heterocycles. The lowest BCUT2D eigenvalue weighted by Gasteiger charge is -2.27. The first kappa shape index (κ1) is 25.1. The molecule has 0 aromatic heterocycles. The van der Waals surface area contributed by atoms with E-state index in [9.17, 15) is 30.8 Å². The van der Waals surface area contributed by atoms with Gasteiger partial charge in [0.25, 0.3) is 5.91 Å². The maximum absolute atomic E-state index is 14.4. The lowest BCUT2D eigenvalue weighted by Crippen LogP contribution is -2.34. The molecule has 6 nitrogen and oxygen atoms in total. The number of ether oxygens (including phenoxy) is 1. The molecule has 0 aliphatic carbocycles. The Morgan fingerprint density at radius 1 is 1.24 bits per heavy atom. The Morgan fingerprint density at radius 3 is 2.52 bits per heavy atom. The number of carbonyl (C=O) groups excluding carboxylic acids is 1. The van der Waals surface area contributed by atoms with Crippen LogP contribution in [0, 0.1) is 5.82 Å². The lowest BCUT2D eigenvalue weighted by molar-refractivity contribution is -0.137. The van der Waals surface area contributed by atoms with Gasteiger partial charge in [0, 0.05) is 18.3 Å². The Labute approximate surface area is 193 Å². The number of carbonyl (C=O) groups is 1. The number of nitrogens with zero attached hydrogens (tertiary/aromatic N) is 1. The third kappa shape index (κ3) is 6.08. The van der Waals surface area contributed by atoms with Gasteiger partial charge in [-0.3, -0.25) is 4.79 Å². The van der Waals surface area contributed by atoms with Gasteiger partial charge in [0.15, 0.2) is 0 Å². The Kier molecular flexibility index (Phi) is 7.42. The quantitative estimate of drug-likeness (QED) is 0.552. The number of alkyl halides is 3. The van der Waals surface area contributed by atoms with E-state index in [1.165, 1.54) is 19.1 Å². The van der Waals surface area contributed by atoms with Crippen LogP contribution in [0.3, 0.4) is 0 Å². The zero-order chi connectivity index (χ0) is 24.4. The molecule has 0 spiro atoms. The van der Waals surface area contributed by atoms with Gasteiger partial charge in [0.1, 0.15) is 18.2 Å². The highest BCUT2D eigenvalue weighted by Crippen LogP contribution is 2.33. The van der Waals surface area contributed by atoms with E-state index in [1.807, 2.05) is 4.90 Å². The topological polar surface area (TPSA) is 75.7 Å². The van der Waals surface area contributed by atoms with E-state index in [4.69, 9.17) is 16.3 Å². The minimum absolute atomic E-state index is 0.0386. The van der Waals surface area contributed by atoms with Crippen LogP contribution in [0.25, 0.3) is 0 Å². The second-order valence-corrected chi connectivity index (χ2v) is 9.86. The Hall–Kier alpha value is -2.53. The summed E-state index contributed by atoms with van der Waals surface area (Å²) in [6.07, 6.45) is -2.92. The van der Waals surface area contributed by atoms with Gasteiger partial charge < -0.3 is 9.64 Å². The van der Waals surface area contributed by atoms with Gasteiger partial charge in [-0.25, -0.2) is 17.5 Å². The Bertz CT molecular complexity index is 1120. The van der Waals surface area contributed by atoms with E-state index < -0.39 is 39.1 Å². The van der Waals surface area contributed by atoms with Crippen molar-refractivity contribution >= 4 is 33.2 Å². The molecule has 1 fully saturated rings. The second kappa shape index (κ2) is 9.76. The van der Waals surface area contributed by atoms with Crippen molar-refractivity contribution in [2.75, 3.05) is 23.8 Å². The molecular weight excluding hydrogens is 488 g/mol. The van der Waals surface area contributed by atoms with Crippen LogP contribution in [0.4, 0.5) is 23.2 Å². The Morgan fingerprint density at radius 2 is 1.91 bits per heavy atom. The molecule has 12 heteroatoms. The van der Waals surface area contributed by atoms with Gasteiger partial charge in [-0.1, -0.05) is 11.6 Å². The molecule has 1 amide bonds. The molecule has 1 aliphatic rings. The van der Waals surface area contributed by atoms with Crippen molar-refractivity contribution in [3.8, 4) is 5.75 Å². The van der Waals surface area contributed by atoms with E-state index in [1.54, 1.807) is 4.72 Å². The molecule has 0 radical (unpaired) electrons. The monoisotopic (exact) mass is 508 g/mol. The fourth-order valence-corrected chi connectivity index (χ4v) is 4.21. The van der Waals surface area contributed by atoms with Gasteiger partial charge in [-0.05, 0) is 50.1 Å². The summed E-state index contributed by atoms with van der Waals surface area (Å²) in [5, 5.41) is -0.0884. The summed E-state index contributed by atoms with van der Waals surface area (Å²) in [5.41, 5.74) is -0.677. The zero-order valence-corrected chi connectivity index (χ0v) is 19.0. The minimum Gasteiger partial charge on any atom is -0.490 e. The molecule has 2 aromatic carbocycles. The highest BCUT2D eigenvalue weighted by atomic mass is 35.5. The van der Waals surface area contributed by atoms with Crippen LogP contribution in [-0.4, -0.2) is 39.3 Å². The zero-order valence-electron chi connectivity index (χ0n) is 17.5. The summed E-state index contributed by atoms with van der Waals surface area (Å²) >= 11 is 6.11. The average molecular weight is 509 g/mol. The average Bonchev–Trinajstić information content (AvgIpc) is 3.21. The van der Waals surface area contributed by atoms with E-state index in [0.29, 0.717) is 18.7 Å². The predicted octanol–water partition coefficient (Wildman–Crippen LogP) is 4.63. The van der Waals surface area contributed by atoms with Crippen molar-refractivity contribution in [1.82, 2.24) is 4.72 Å². The van der Waals surface area contributed by atoms with Crippen LogP contribution in [-0.2, 0) is 16.2 Å². The molecule has 0 unspecified atom stereocenters. The van der Waals surface area contributed by atoms with Crippen molar-refractivity contribution in [2.45, 2.75) is 32.0 Å². The number of rotatable bonds is 7. The number of hydrogen-bond acceptors (Lipinski definition) is 5. The minimum atomic E-state index is -4.42. The molecule has 0 bridgehead atoms. The molecule has 1 saturated heterocycles. The maximum Gasteiger partial charge on any atom is 0.416 e. The first-order valence-corrected chi connectivity index (χ1v) is 12.0. The van der Waals surface area contributed by atoms with E-state index >= 15 is 0 Å². The van der Waals surface area contributed by atoms with E-state index in [-0.39, 0.29) is 29.2 Å². The first-order valence-electron chi connectivity index (χ1n) is 10.0. The molecule has 3 rings (SSSR count). The molecule has 0 saturated carbocycles. The normalized spacial score (nSPS) is 16.7. The summed E-state index contributed by atoms with van der Waals surface area (Å²) in [5.74, 6) is -2.55. The van der Waals surface area contributed by atoms with Crippen molar-refractivity contribution in [3.63, 3.8) is 0 Å². The van der Waals surface area contributed by atoms with Gasteiger partial charge in [-0.15, -0.1) is 0 Å².